The second-order valence-electron chi connectivity index (χ2n) is 10.7. The van der Waals surface area contributed by atoms with Crippen LogP contribution >= 0.6 is 0 Å². The number of hydrogen-bond acceptors (Lipinski definition) is 2. The maximum Gasteiger partial charge on any atom is 0.0443 e. The first kappa shape index (κ1) is 32.9. The van der Waals surface area contributed by atoms with Gasteiger partial charge in [0.1, 0.15) is 0 Å². The van der Waals surface area contributed by atoms with E-state index >= 15 is 0 Å². The molecule has 33 heavy (non-hydrogen) atoms. The van der Waals surface area contributed by atoms with Crippen molar-refractivity contribution in [2.24, 2.45) is 0 Å². The molecule has 0 aliphatic carbocycles. The molecule has 0 saturated heterocycles. The third-order valence-corrected chi connectivity index (χ3v) is 7.29. The summed E-state index contributed by atoms with van der Waals surface area (Å²) in [5.41, 5.74) is 0. The van der Waals surface area contributed by atoms with E-state index in [1.54, 1.807) is 0 Å². The SMILES string of the molecule is CCCCCCCCCCCCCCN(CCCO)CCCCCCCCCCCCCC. The van der Waals surface area contributed by atoms with Crippen molar-refractivity contribution in [3.63, 3.8) is 0 Å². The molecule has 0 bridgehead atoms. The van der Waals surface area contributed by atoms with Crippen molar-refractivity contribution >= 4 is 0 Å². The standard InChI is InChI=1S/C31H65NO/c1-3-5-7-9-11-13-15-17-19-21-23-25-28-32(30-27-31-33)29-26-24-22-20-18-16-14-12-10-8-6-4-2/h33H,3-31H2,1-2H3. The lowest BCUT2D eigenvalue weighted by Crippen LogP contribution is -2.27. The molecule has 0 aliphatic heterocycles. The zero-order valence-corrected chi connectivity index (χ0v) is 23.4. The predicted octanol–water partition coefficient (Wildman–Crippen LogP) is 10.1. The average Bonchev–Trinajstić information content (AvgIpc) is 2.83. The summed E-state index contributed by atoms with van der Waals surface area (Å²) in [5, 5.41) is 9.23. The zero-order valence-electron chi connectivity index (χ0n) is 23.4. The fourth-order valence-electron chi connectivity index (χ4n) is 4.98. The molecule has 0 radical (unpaired) electrons. The highest BCUT2D eigenvalue weighted by atomic mass is 16.3. The Kier molecular flexibility index (Phi) is 29.9. The van der Waals surface area contributed by atoms with Gasteiger partial charge in [0.25, 0.3) is 0 Å². The Hall–Kier alpha value is -0.0800. The molecule has 1 N–H and O–H groups in total. The lowest BCUT2D eigenvalue weighted by atomic mass is 10.0. The molecule has 0 aliphatic rings. The van der Waals surface area contributed by atoms with Gasteiger partial charge in [0.2, 0.25) is 0 Å². The van der Waals surface area contributed by atoms with Crippen LogP contribution in [0.15, 0.2) is 0 Å². The summed E-state index contributed by atoms with van der Waals surface area (Å²) in [6, 6.07) is 0. The van der Waals surface area contributed by atoms with Crippen LogP contribution in [-0.4, -0.2) is 36.2 Å². The number of hydrogen-bond donors (Lipinski definition) is 1. The molecule has 0 aromatic heterocycles. The van der Waals surface area contributed by atoms with Crippen molar-refractivity contribution in [2.45, 2.75) is 174 Å². The minimum absolute atomic E-state index is 0.341. The van der Waals surface area contributed by atoms with E-state index in [4.69, 9.17) is 0 Å². The normalized spacial score (nSPS) is 11.6. The van der Waals surface area contributed by atoms with Crippen molar-refractivity contribution in [1.82, 2.24) is 4.90 Å². The van der Waals surface area contributed by atoms with Crippen LogP contribution in [0.25, 0.3) is 0 Å². The monoisotopic (exact) mass is 468 g/mol. The third-order valence-electron chi connectivity index (χ3n) is 7.29. The van der Waals surface area contributed by atoms with Crippen molar-refractivity contribution in [1.29, 1.82) is 0 Å². The Morgan fingerprint density at radius 1 is 0.333 bits per heavy atom. The predicted molar refractivity (Wildman–Crippen MR) is 150 cm³/mol. The number of rotatable bonds is 29. The summed E-state index contributed by atoms with van der Waals surface area (Å²) in [4.78, 5) is 2.63. The van der Waals surface area contributed by atoms with Crippen LogP contribution in [0.1, 0.15) is 174 Å². The minimum Gasteiger partial charge on any atom is -0.396 e. The van der Waals surface area contributed by atoms with E-state index in [1.807, 2.05) is 0 Å². The van der Waals surface area contributed by atoms with Gasteiger partial charge in [-0.3, -0.25) is 0 Å². The first-order chi connectivity index (χ1) is 16.3. The van der Waals surface area contributed by atoms with Crippen molar-refractivity contribution in [2.75, 3.05) is 26.2 Å². The highest BCUT2D eigenvalue weighted by Gasteiger charge is 2.04. The lowest BCUT2D eigenvalue weighted by molar-refractivity contribution is 0.217. The van der Waals surface area contributed by atoms with Crippen molar-refractivity contribution in [3.05, 3.63) is 0 Å². The molecule has 2 heteroatoms. The molecule has 0 fully saturated rings. The highest BCUT2D eigenvalue weighted by molar-refractivity contribution is 4.60. The number of unbranched alkanes of at least 4 members (excludes halogenated alkanes) is 22. The molecule has 0 rings (SSSR count). The fourth-order valence-corrected chi connectivity index (χ4v) is 4.98. The summed E-state index contributed by atoms with van der Waals surface area (Å²) < 4.78 is 0. The van der Waals surface area contributed by atoms with E-state index < -0.39 is 0 Å². The number of aliphatic hydroxyl groups excluding tert-OH is 1. The molecule has 0 aromatic carbocycles. The van der Waals surface area contributed by atoms with E-state index in [9.17, 15) is 5.11 Å². The molecule has 0 atom stereocenters. The molecule has 200 valence electrons. The molecular formula is C31H65NO. The van der Waals surface area contributed by atoms with Gasteiger partial charge in [-0.25, -0.2) is 0 Å². The van der Waals surface area contributed by atoms with Gasteiger partial charge in [-0.05, 0) is 32.4 Å². The van der Waals surface area contributed by atoms with Gasteiger partial charge < -0.3 is 10.0 Å². The van der Waals surface area contributed by atoms with Crippen molar-refractivity contribution < 1.29 is 5.11 Å². The number of aliphatic hydroxyl groups is 1. The molecular weight excluding hydrogens is 402 g/mol. The summed E-state index contributed by atoms with van der Waals surface area (Å²) in [5.74, 6) is 0. The topological polar surface area (TPSA) is 23.5 Å². The molecule has 0 saturated carbocycles. The highest BCUT2D eigenvalue weighted by Crippen LogP contribution is 2.14. The van der Waals surface area contributed by atoms with Crippen LogP contribution < -0.4 is 0 Å². The lowest BCUT2D eigenvalue weighted by Gasteiger charge is -2.22. The van der Waals surface area contributed by atoms with Gasteiger partial charge in [-0.1, -0.05) is 155 Å². The summed E-state index contributed by atoms with van der Waals surface area (Å²) >= 11 is 0. The van der Waals surface area contributed by atoms with Crippen LogP contribution in [0.3, 0.4) is 0 Å². The molecule has 0 unspecified atom stereocenters. The first-order valence-electron chi connectivity index (χ1n) is 15.7. The van der Waals surface area contributed by atoms with Crippen LogP contribution in [0.2, 0.25) is 0 Å². The van der Waals surface area contributed by atoms with E-state index in [-0.39, 0.29) is 0 Å². The molecule has 0 spiro atoms. The Morgan fingerprint density at radius 3 is 0.848 bits per heavy atom. The quantitative estimate of drug-likeness (QED) is 0.111. The van der Waals surface area contributed by atoms with Crippen LogP contribution in [0.5, 0.6) is 0 Å². The summed E-state index contributed by atoms with van der Waals surface area (Å²) in [7, 11) is 0. The largest absolute Gasteiger partial charge is 0.396 e. The van der Waals surface area contributed by atoms with Gasteiger partial charge in [0.15, 0.2) is 0 Å². The maximum absolute atomic E-state index is 9.23. The van der Waals surface area contributed by atoms with Crippen LogP contribution in [0.4, 0.5) is 0 Å². The summed E-state index contributed by atoms with van der Waals surface area (Å²) in [6.07, 6.45) is 35.1. The smallest absolute Gasteiger partial charge is 0.0443 e. The Bertz CT molecular complexity index is 305. The third kappa shape index (κ3) is 28.0. The van der Waals surface area contributed by atoms with Gasteiger partial charge >= 0.3 is 0 Å². The van der Waals surface area contributed by atoms with Gasteiger partial charge in [0.05, 0.1) is 0 Å². The zero-order chi connectivity index (χ0) is 24.1. The first-order valence-corrected chi connectivity index (χ1v) is 15.7. The van der Waals surface area contributed by atoms with Gasteiger partial charge in [-0.15, -0.1) is 0 Å². The Balaban J connectivity index is 3.49. The minimum atomic E-state index is 0.341. The van der Waals surface area contributed by atoms with Gasteiger partial charge in [-0.2, -0.15) is 0 Å². The van der Waals surface area contributed by atoms with Crippen LogP contribution in [-0.2, 0) is 0 Å². The summed E-state index contributed by atoms with van der Waals surface area (Å²) in [6.45, 7) is 8.52. The molecule has 0 aromatic rings. The van der Waals surface area contributed by atoms with E-state index in [0.717, 1.165) is 13.0 Å². The van der Waals surface area contributed by atoms with E-state index in [2.05, 4.69) is 18.7 Å². The van der Waals surface area contributed by atoms with Crippen molar-refractivity contribution in [3.8, 4) is 0 Å². The fraction of sp³-hybridized carbons (Fsp3) is 1.00. The van der Waals surface area contributed by atoms with E-state index in [0.29, 0.717) is 6.61 Å². The number of nitrogens with zero attached hydrogens (tertiary/aromatic N) is 1. The second kappa shape index (κ2) is 30.0. The van der Waals surface area contributed by atoms with Gasteiger partial charge in [0, 0.05) is 13.2 Å². The van der Waals surface area contributed by atoms with E-state index in [1.165, 1.54) is 167 Å². The molecule has 0 heterocycles. The molecule has 2 nitrogen and oxygen atoms in total. The Labute approximate surface area is 210 Å². The second-order valence-corrected chi connectivity index (χ2v) is 10.7. The Morgan fingerprint density at radius 2 is 0.576 bits per heavy atom. The van der Waals surface area contributed by atoms with Crippen LogP contribution in [0, 0.1) is 0 Å². The maximum atomic E-state index is 9.23. The molecule has 0 amide bonds. The average molecular weight is 468 g/mol.